The van der Waals surface area contributed by atoms with Crippen LogP contribution in [0.25, 0.3) is 0 Å². The van der Waals surface area contributed by atoms with Crippen LogP contribution >= 0.6 is 0 Å². The van der Waals surface area contributed by atoms with Crippen LogP contribution in [0.3, 0.4) is 0 Å². The molecule has 0 aromatic carbocycles. The van der Waals surface area contributed by atoms with Crippen LogP contribution in [0.5, 0.6) is 0 Å². The summed E-state index contributed by atoms with van der Waals surface area (Å²) in [6, 6.07) is 0. The van der Waals surface area contributed by atoms with Gasteiger partial charge in [-0.3, -0.25) is 8.37 Å². The van der Waals surface area contributed by atoms with Gasteiger partial charge in [0.15, 0.2) is 0 Å². The van der Waals surface area contributed by atoms with Crippen molar-refractivity contribution >= 4 is 31.0 Å². The van der Waals surface area contributed by atoms with Crippen LogP contribution in [0.1, 0.15) is 0 Å². The van der Waals surface area contributed by atoms with Gasteiger partial charge in [0.1, 0.15) is 31.9 Å². The zero-order chi connectivity index (χ0) is 12.6. The Morgan fingerprint density at radius 2 is 1.25 bits per heavy atom. The summed E-state index contributed by atoms with van der Waals surface area (Å²) in [5, 5.41) is 0. The molecule has 0 bridgehead atoms. The predicted molar refractivity (Wildman–Crippen MR) is 57.3 cm³/mol. The largest absolute Gasteiger partial charge is 0.305 e. The van der Waals surface area contributed by atoms with Crippen molar-refractivity contribution < 1.29 is 29.4 Å². The first-order chi connectivity index (χ1) is 7.07. The molecule has 0 radical (unpaired) electrons. The van der Waals surface area contributed by atoms with Crippen LogP contribution < -0.4 is 0 Å². The molecule has 2 atom stereocenters. The highest BCUT2D eigenvalue weighted by Crippen LogP contribution is 2.20. The van der Waals surface area contributed by atoms with Gasteiger partial charge in [-0.2, -0.15) is 4.21 Å². The molecular formula is C6H12O7S3. The first-order valence-corrected chi connectivity index (χ1v) is 9.30. The Morgan fingerprint density at radius 3 is 1.50 bits per heavy atom. The van der Waals surface area contributed by atoms with Gasteiger partial charge in [-0.25, -0.2) is 16.8 Å². The maximum absolute atomic E-state index is 11.0. The van der Waals surface area contributed by atoms with Crippen LogP contribution in [-0.2, 0) is 39.4 Å². The highest BCUT2D eigenvalue weighted by Gasteiger charge is 2.39. The van der Waals surface area contributed by atoms with E-state index in [4.69, 9.17) is 8.37 Å². The lowest BCUT2D eigenvalue weighted by atomic mass is 10.3. The van der Waals surface area contributed by atoms with Crippen LogP contribution in [0.2, 0.25) is 0 Å². The van der Waals surface area contributed by atoms with E-state index in [-0.39, 0.29) is 0 Å². The second kappa shape index (κ2) is 4.69. The Balaban J connectivity index is 2.79. The van der Waals surface area contributed by atoms with Gasteiger partial charge < -0.3 is 0 Å². The molecule has 2 unspecified atom stereocenters. The summed E-state index contributed by atoms with van der Waals surface area (Å²) in [5.41, 5.74) is 0. The molecule has 7 nitrogen and oxygen atoms in total. The predicted octanol–water partition coefficient (Wildman–Crippen LogP) is -1.56. The summed E-state index contributed by atoms with van der Waals surface area (Å²) in [4.78, 5) is 0. The second-order valence-electron chi connectivity index (χ2n) is 3.66. The third-order valence-corrected chi connectivity index (χ3v) is 4.43. The lowest BCUT2D eigenvalue weighted by Crippen LogP contribution is -2.35. The van der Waals surface area contributed by atoms with Crippen molar-refractivity contribution in [3.05, 3.63) is 0 Å². The third-order valence-electron chi connectivity index (χ3n) is 1.75. The standard InChI is InChI=1S/C6H12O7S3/c1-15(8,9)3-5-6(4-16(2,10)11)13-14(7)12-5/h5-6H,3-4H2,1-2H3. The van der Waals surface area contributed by atoms with Gasteiger partial charge in [0.2, 0.25) is 0 Å². The highest BCUT2D eigenvalue weighted by molar-refractivity contribution is 7.91. The number of hydrogen-bond donors (Lipinski definition) is 0. The Bertz CT molecular complexity index is 432. The Morgan fingerprint density at radius 1 is 0.938 bits per heavy atom. The van der Waals surface area contributed by atoms with Gasteiger partial charge in [0, 0.05) is 12.5 Å². The fourth-order valence-corrected chi connectivity index (χ4v) is 3.98. The molecule has 0 N–H and O–H groups in total. The molecule has 0 saturated carbocycles. The van der Waals surface area contributed by atoms with Crippen LogP contribution in [0.15, 0.2) is 0 Å². The van der Waals surface area contributed by atoms with Crippen molar-refractivity contribution in [2.75, 3.05) is 24.0 Å². The van der Waals surface area contributed by atoms with Crippen molar-refractivity contribution in [2.24, 2.45) is 0 Å². The van der Waals surface area contributed by atoms with E-state index in [1.165, 1.54) is 0 Å². The van der Waals surface area contributed by atoms with Crippen molar-refractivity contribution in [3.63, 3.8) is 0 Å². The normalized spacial score (nSPS) is 31.8. The summed E-state index contributed by atoms with van der Waals surface area (Å²) in [5.74, 6) is -0.835. The summed E-state index contributed by atoms with van der Waals surface area (Å²) >= 11 is -2.08. The molecule has 1 fully saturated rings. The molecule has 1 heterocycles. The average molecular weight is 292 g/mol. The average Bonchev–Trinajstić information content (AvgIpc) is 2.23. The molecule has 10 heteroatoms. The monoisotopic (exact) mass is 292 g/mol. The minimum atomic E-state index is -3.35. The van der Waals surface area contributed by atoms with Crippen LogP contribution in [0, 0.1) is 0 Å². The van der Waals surface area contributed by atoms with Gasteiger partial charge in [-0.05, 0) is 0 Å². The molecule has 16 heavy (non-hydrogen) atoms. The van der Waals surface area contributed by atoms with Crippen molar-refractivity contribution in [3.8, 4) is 0 Å². The zero-order valence-electron chi connectivity index (χ0n) is 8.65. The SMILES string of the molecule is CS(=O)(=O)CC1OS(=O)OC1CS(C)(=O)=O. The van der Waals surface area contributed by atoms with E-state index in [2.05, 4.69) is 0 Å². The summed E-state index contributed by atoms with van der Waals surface area (Å²) in [7, 11) is -6.71. The number of sulfone groups is 2. The van der Waals surface area contributed by atoms with Crippen LogP contribution in [0.4, 0.5) is 0 Å². The van der Waals surface area contributed by atoms with E-state index in [0.29, 0.717) is 0 Å². The second-order valence-corrected chi connectivity index (χ2v) is 8.82. The minimum absolute atomic E-state index is 0.418. The fraction of sp³-hybridized carbons (Fsp3) is 1.00. The number of hydrogen-bond acceptors (Lipinski definition) is 7. The van der Waals surface area contributed by atoms with Gasteiger partial charge in [0.25, 0.3) is 0 Å². The molecule has 1 aliphatic rings. The zero-order valence-corrected chi connectivity index (χ0v) is 11.1. The molecule has 0 amide bonds. The molecule has 1 rings (SSSR count). The highest BCUT2D eigenvalue weighted by atomic mass is 32.2. The first kappa shape index (κ1) is 14.0. The van der Waals surface area contributed by atoms with Gasteiger partial charge in [-0.15, -0.1) is 0 Å². The van der Waals surface area contributed by atoms with Gasteiger partial charge in [-0.1, -0.05) is 0 Å². The maximum Gasteiger partial charge on any atom is 0.305 e. The van der Waals surface area contributed by atoms with Gasteiger partial charge in [0.05, 0.1) is 11.5 Å². The van der Waals surface area contributed by atoms with E-state index < -0.39 is 54.7 Å². The summed E-state index contributed by atoms with van der Waals surface area (Å²) < 4.78 is 64.4. The Hall–Kier alpha value is -0.0300. The molecule has 0 aromatic heterocycles. The number of rotatable bonds is 4. The maximum atomic E-state index is 11.0. The topological polar surface area (TPSA) is 104 Å². The molecule has 0 aliphatic carbocycles. The summed E-state index contributed by atoms with van der Waals surface area (Å²) in [6.45, 7) is 0. The minimum Gasteiger partial charge on any atom is -0.261 e. The molecular weight excluding hydrogens is 280 g/mol. The van der Waals surface area contributed by atoms with Crippen molar-refractivity contribution in [1.82, 2.24) is 0 Å². The molecule has 96 valence electrons. The third kappa shape index (κ3) is 4.87. The van der Waals surface area contributed by atoms with E-state index in [9.17, 15) is 21.0 Å². The Labute approximate surface area is 96.8 Å². The quantitative estimate of drug-likeness (QED) is 0.617. The first-order valence-electron chi connectivity index (χ1n) is 4.18. The molecule has 0 spiro atoms. The van der Waals surface area contributed by atoms with Crippen molar-refractivity contribution in [1.29, 1.82) is 0 Å². The fourth-order valence-electron chi connectivity index (χ4n) is 1.22. The Kier molecular flexibility index (Phi) is 4.11. The van der Waals surface area contributed by atoms with E-state index in [1.807, 2.05) is 0 Å². The molecule has 0 aromatic rings. The lowest BCUT2D eigenvalue weighted by molar-refractivity contribution is 0.191. The van der Waals surface area contributed by atoms with E-state index in [0.717, 1.165) is 12.5 Å². The van der Waals surface area contributed by atoms with E-state index in [1.54, 1.807) is 0 Å². The smallest absolute Gasteiger partial charge is 0.261 e. The molecule has 1 aliphatic heterocycles. The van der Waals surface area contributed by atoms with Crippen molar-refractivity contribution in [2.45, 2.75) is 12.2 Å². The van der Waals surface area contributed by atoms with Crippen LogP contribution in [-0.4, -0.2) is 57.3 Å². The lowest BCUT2D eigenvalue weighted by Gasteiger charge is -2.12. The molecule has 1 saturated heterocycles. The van der Waals surface area contributed by atoms with Gasteiger partial charge >= 0.3 is 11.4 Å². The van der Waals surface area contributed by atoms with E-state index >= 15 is 0 Å². The summed E-state index contributed by atoms with van der Waals surface area (Å²) in [6.07, 6.45) is -0.0550.